The lowest BCUT2D eigenvalue weighted by Gasteiger charge is -2.64. The SMILES string of the molecule is C[N+](C)(C)C12CCC(CC1)C1([N+](C)(C)C)CCC2CC1. The molecule has 116 valence electrons. The van der Waals surface area contributed by atoms with Gasteiger partial charge in [-0.25, -0.2) is 0 Å². The Balaban J connectivity index is 2.00. The maximum atomic E-state index is 2.46. The number of quaternary nitrogens is 2. The first-order valence-electron chi connectivity index (χ1n) is 8.76. The molecule has 0 radical (unpaired) electrons. The summed E-state index contributed by atoms with van der Waals surface area (Å²) in [6.07, 6.45) is 11.9. The Morgan fingerprint density at radius 3 is 1.00 bits per heavy atom. The van der Waals surface area contributed by atoms with Crippen LogP contribution >= 0.6 is 0 Å². The first-order chi connectivity index (χ1) is 9.12. The summed E-state index contributed by atoms with van der Waals surface area (Å²) < 4.78 is 2.39. The standard InChI is InChI=1S/C18H36N2/c1-19(2,3)17-11-7-16(8-12-17)18(20(4,5)6)13-9-15(17)10-14-18/h15-16H,7-14H2,1-6H3/q+2. The Labute approximate surface area is 126 Å². The number of nitrogens with zero attached hydrogens (tertiary/aromatic N) is 2. The molecule has 6 aliphatic carbocycles. The quantitative estimate of drug-likeness (QED) is 0.681. The Kier molecular flexibility index (Phi) is 3.14. The van der Waals surface area contributed by atoms with E-state index < -0.39 is 0 Å². The molecule has 6 saturated carbocycles. The summed E-state index contributed by atoms with van der Waals surface area (Å²) in [5.41, 5.74) is 1.18. The molecule has 0 aromatic carbocycles. The Morgan fingerprint density at radius 2 is 0.800 bits per heavy atom. The molecule has 0 heterocycles. The van der Waals surface area contributed by atoms with Crippen LogP contribution < -0.4 is 0 Å². The van der Waals surface area contributed by atoms with Crippen molar-refractivity contribution in [2.24, 2.45) is 11.8 Å². The lowest BCUT2D eigenvalue weighted by Crippen LogP contribution is -2.71. The molecule has 2 heteroatoms. The Bertz CT molecular complexity index is 331. The van der Waals surface area contributed by atoms with Gasteiger partial charge < -0.3 is 8.97 Å². The first kappa shape index (κ1) is 14.8. The summed E-state index contributed by atoms with van der Waals surface area (Å²) >= 11 is 0. The number of hydrogen-bond donors (Lipinski definition) is 0. The van der Waals surface area contributed by atoms with Gasteiger partial charge >= 0.3 is 0 Å². The first-order valence-corrected chi connectivity index (χ1v) is 8.76. The maximum Gasteiger partial charge on any atom is 0.101 e. The highest BCUT2D eigenvalue weighted by molar-refractivity contribution is 5.06. The number of rotatable bonds is 2. The minimum Gasteiger partial charge on any atom is -0.326 e. The molecule has 20 heavy (non-hydrogen) atoms. The van der Waals surface area contributed by atoms with E-state index in [0.717, 1.165) is 11.8 Å². The van der Waals surface area contributed by atoms with Crippen molar-refractivity contribution in [1.29, 1.82) is 0 Å². The van der Waals surface area contributed by atoms with Gasteiger partial charge in [0.05, 0.1) is 42.3 Å². The van der Waals surface area contributed by atoms with E-state index in [1.807, 2.05) is 0 Å². The fourth-order valence-corrected chi connectivity index (χ4v) is 6.56. The summed E-state index contributed by atoms with van der Waals surface area (Å²) in [6, 6.07) is 0. The van der Waals surface area contributed by atoms with Crippen LogP contribution in [0.4, 0.5) is 0 Å². The third-order valence-electron chi connectivity index (χ3n) is 7.89. The highest BCUT2D eigenvalue weighted by atomic mass is 15.4. The van der Waals surface area contributed by atoms with E-state index in [1.165, 1.54) is 60.3 Å². The van der Waals surface area contributed by atoms with Gasteiger partial charge in [0.1, 0.15) is 11.1 Å². The summed E-state index contributed by atoms with van der Waals surface area (Å²) in [7, 11) is 14.8. The normalized spacial score (nSPS) is 45.3. The van der Waals surface area contributed by atoms with Crippen LogP contribution in [0.3, 0.4) is 0 Å². The van der Waals surface area contributed by atoms with Crippen LogP contribution in [0.1, 0.15) is 51.4 Å². The number of hydrogen-bond acceptors (Lipinski definition) is 0. The van der Waals surface area contributed by atoms with Crippen molar-refractivity contribution in [1.82, 2.24) is 0 Å². The van der Waals surface area contributed by atoms with Gasteiger partial charge in [-0.2, -0.15) is 0 Å². The summed E-state index contributed by atoms with van der Waals surface area (Å²) in [5.74, 6) is 1.95. The molecule has 0 amide bonds. The van der Waals surface area contributed by atoms with Gasteiger partial charge in [0.25, 0.3) is 0 Å². The lowest BCUT2D eigenvalue weighted by molar-refractivity contribution is -0.945. The lowest BCUT2D eigenvalue weighted by atomic mass is 9.52. The van der Waals surface area contributed by atoms with Crippen molar-refractivity contribution < 1.29 is 8.97 Å². The molecule has 0 aromatic heterocycles. The molecule has 0 N–H and O–H groups in total. The van der Waals surface area contributed by atoms with Gasteiger partial charge in [0, 0.05) is 37.5 Å². The van der Waals surface area contributed by atoms with Crippen molar-refractivity contribution in [3.8, 4) is 0 Å². The van der Waals surface area contributed by atoms with Crippen LogP contribution in [0.2, 0.25) is 0 Å². The summed E-state index contributed by atoms with van der Waals surface area (Å²) in [5, 5.41) is 0. The van der Waals surface area contributed by atoms with Gasteiger partial charge in [-0.3, -0.25) is 0 Å². The topological polar surface area (TPSA) is 0 Å². The van der Waals surface area contributed by atoms with Gasteiger partial charge in [-0.15, -0.1) is 0 Å². The van der Waals surface area contributed by atoms with Crippen molar-refractivity contribution in [2.45, 2.75) is 62.4 Å². The maximum absolute atomic E-state index is 2.46. The third-order valence-corrected chi connectivity index (χ3v) is 7.89. The smallest absolute Gasteiger partial charge is 0.101 e. The van der Waals surface area contributed by atoms with Gasteiger partial charge in [-0.1, -0.05) is 0 Å². The van der Waals surface area contributed by atoms with Gasteiger partial charge in [0.15, 0.2) is 0 Å². The average Bonchev–Trinajstić information content (AvgIpc) is 2.32. The summed E-state index contributed by atoms with van der Waals surface area (Å²) in [6.45, 7) is 0. The molecule has 6 rings (SSSR count). The molecule has 6 fully saturated rings. The molecule has 0 unspecified atom stereocenters. The minimum absolute atomic E-state index is 0.591. The largest absolute Gasteiger partial charge is 0.326 e. The van der Waals surface area contributed by atoms with Crippen LogP contribution in [-0.2, 0) is 0 Å². The van der Waals surface area contributed by atoms with Gasteiger partial charge in [0.2, 0.25) is 0 Å². The van der Waals surface area contributed by atoms with E-state index in [2.05, 4.69) is 42.3 Å². The van der Waals surface area contributed by atoms with E-state index in [4.69, 9.17) is 0 Å². The third kappa shape index (κ3) is 1.76. The second-order valence-electron chi connectivity index (χ2n) is 9.78. The van der Waals surface area contributed by atoms with E-state index in [0.29, 0.717) is 11.1 Å². The minimum atomic E-state index is 0.591. The molecule has 2 nitrogen and oxygen atoms in total. The molecule has 0 spiro atoms. The second kappa shape index (κ2) is 4.23. The van der Waals surface area contributed by atoms with Crippen LogP contribution in [0, 0.1) is 11.8 Å². The van der Waals surface area contributed by atoms with Crippen molar-refractivity contribution in [3.05, 3.63) is 0 Å². The molecule has 0 saturated heterocycles. The van der Waals surface area contributed by atoms with Crippen LogP contribution in [0.5, 0.6) is 0 Å². The monoisotopic (exact) mass is 280 g/mol. The molecular weight excluding hydrogens is 244 g/mol. The fraction of sp³-hybridized carbons (Fsp3) is 1.00. The molecule has 6 aliphatic rings. The summed E-state index contributed by atoms with van der Waals surface area (Å²) in [4.78, 5) is 0. The zero-order valence-electron chi connectivity index (χ0n) is 14.7. The molecular formula is C18H36N2+2. The molecule has 4 bridgehead atoms. The molecule has 0 aromatic rings. The Morgan fingerprint density at radius 1 is 0.550 bits per heavy atom. The van der Waals surface area contributed by atoms with Crippen molar-refractivity contribution in [2.75, 3.05) is 42.3 Å². The predicted molar refractivity (Wildman–Crippen MR) is 85.4 cm³/mol. The van der Waals surface area contributed by atoms with Crippen LogP contribution in [0.25, 0.3) is 0 Å². The highest BCUT2D eigenvalue weighted by Crippen LogP contribution is 2.59. The van der Waals surface area contributed by atoms with Crippen LogP contribution in [-0.4, -0.2) is 62.3 Å². The fourth-order valence-electron chi connectivity index (χ4n) is 6.56. The predicted octanol–water partition coefficient (Wildman–Crippen LogP) is 3.27. The zero-order chi connectivity index (χ0) is 14.8. The van der Waals surface area contributed by atoms with E-state index in [9.17, 15) is 0 Å². The second-order valence-corrected chi connectivity index (χ2v) is 9.78. The van der Waals surface area contributed by atoms with Crippen LogP contribution in [0.15, 0.2) is 0 Å². The zero-order valence-corrected chi connectivity index (χ0v) is 14.7. The highest BCUT2D eigenvalue weighted by Gasteiger charge is 2.62. The van der Waals surface area contributed by atoms with Crippen molar-refractivity contribution in [3.63, 3.8) is 0 Å². The van der Waals surface area contributed by atoms with E-state index >= 15 is 0 Å². The average molecular weight is 280 g/mol. The van der Waals surface area contributed by atoms with Gasteiger partial charge in [-0.05, 0) is 25.7 Å². The molecule has 0 atom stereocenters. The van der Waals surface area contributed by atoms with E-state index in [1.54, 1.807) is 0 Å². The Hall–Kier alpha value is -0.0800. The van der Waals surface area contributed by atoms with E-state index in [-0.39, 0.29) is 0 Å². The molecule has 0 aliphatic heterocycles. The van der Waals surface area contributed by atoms with Crippen molar-refractivity contribution >= 4 is 0 Å².